The van der Waals surface area contributed by atoms with Crippen molar-refractivity contribution in [1.82, 2.24) is 0 Å². The molecule has 0 aliphatic rings. The summed E-state index contributed by atoms with van der Waals surface area (Å²) in [5, 5.41) is 8.58. The molecule has 1 atom stereocenters. The summed E-state index contributed by atoms with van der Waals surface area (Å²) in [6.07, 6.45) is 11.3. The molecule has 0 aliphatic carbocycles. The van der Waals surface area contributed by atoms with E-state index in [-0.39, 0.29) is 41.8 Å². The van der Waals surface area contributed by atoms with Gasteiger partial charge in [0.15, 0.2) is 0 Å². The molecule has 0 heterocycles. The van der Waals surface area contributed by atoms with Gasteiger partial charge < -0.3 is 10.8 Å². The van der Waals surface area contributed by atoms with Crippen LogP contribution in [0.1, 0.15) is 77.6 Å². The SMILES string of the molecule is CCCCCCCCCCCC(=O)C[C@H](N)C(=O)O.[NaH]. The molecular formula is C15H30NNaO3. The van der Waals surface area contributed by atoms with Gasteiger partial charge in [0.05, 0.1) is 0 Å². The molecular weight excluding hydrogens is 265 g/mol. The molecule has 3 N–H and O–H groups in total. The number of hydrogen-bond donors (Lipinski definition) is 2. The second-order valence-corrected chi connectivity index (χ2v) is 5.27. The van der Waals surface area contributed by atoms with Crippen molar-refractivity contribution in [2.75, 3.05) is 0 Å². The number of carbonyl (C=O) groups is 2. The average Bonchev–Trinajstić information content (AvgIpc) is 2.36. The van der Waals surface area contributed by atoms with Crippen molar-refractivity contribution >= 4 is 41.3 Å². The molecule has 20 heavy (non-hydrogen) atoms. The summed E-state index contributed by atoms with van der Waals surface area (Å²) in [4.78, 5) is 21.9. The summed E-state index contributed by atoms with van der Waals surface area (Å²) >= 11 is 0. The van der Waals surface area contributed by atoms with Crippen LogP contribution in [-0.2, 0) is 9.59 Å². The van der Waals surface area contributed by atoms with Crippen molar-refractivity contribution < 1.29 is 14.7 Å². The van der Waals surface area contributed by atoms with E-state index in [0.29, 0.717) is 6.42 Å². The number of rotatable bonds is 13. The minimum absolute atomic E-state index is 0. The van der Waals surface area contributed by atoms with E-state index in [1.165, 1.54) is 44.9 Å². The summed E-state index contributed by atoms with van der Waals surface area (Å²) in [5.41, 5.74) is 5.31. The molecule has 0 spiro atoms. The van der Waals surface area contributed by atoms with Crippen molar-refractivity contribution in [2.45, 2.75) is 83.6 Å². The third-order valence-corrected chi connectivity index (χ3v) is 3.32. The molecule has 0 radical (unpaired) electrons. The molecule has 0 aromatic carbocycles. The van der Waals surface area contributed by atoms with Crippen LogP contribution < -0.4 is 5.73 Å². The molecule has 0 saturated heterocycles. The molecule has 0 unspecified atom stereocenters. The topological polar surface area (TPSA) is 80.4 Å². The molecule has 5 heteroatoms. The van der Waals surface area contributed by atoms with Crippen LogP contribution in [-0.4, -0.2) is 52.5 Å². The van der Waals surface area contributed by atoms with Gasteiger partial charge in [-0.1, -0.05) is 58.3 Å². The molecule has 0 aromatic rings. The number of nitrogens with two attached hydrogens (primary N) is 1. The number of carbonyl (C=O) groups excluding carboxylic acids is 1. The molecule has 4 nitrogen and oxygen atoms in total. The Bertz CT molecular complexity index is 260. The maximum absolute atomic E-state index is 11.4. The Hall–Kier alpha value is 0.100. The van der Waals surface area contributed by atoms with Crippen LogP contribution in [0.15, 0.2) is 0 Å². The zero-order valence-electron chi connectivity index (χ0n) is 12.2. The number of carboxylic acids is 1. The molecule has 0 aliphatic heterocycles. The molecule has 0 amide bonds. The van der Waals surface area contributed by atoms with E-state index in [1.54, 1.807) is 0 Å². The van der Waals surface area contributed by atoms with Gasteiger partial charge in [0.1, 0.15) is 11.8 Å². The summed E-state index contributed by atoms with van der Waals surface area (Å²) in [5.74, 6) is -1.13. The van der Waals surface area contributed by atoms with Crippen LogP contribution in [0, 0.1) is 0 Å². The van der Waals surface area contributed by atoms with Crippen LogP contribution in [0.5, 0.6) is 0 Å². The normalized spacial score (nSPS) is 11.7. The van der Waals surface area contributed by atoms with Crippen molar-refractivity contribution in [1.29, 1.82) is 0 Å². The van der Waals surface area contributed by atoms with Gasteiger partial charge in [-0.2, -0.15) is 0 Å². The van der Waals surface area contributed by atoms with Gasteiger partial charge in [-0.3, -0.25) is 9.59 Å². The first-order valence-electron chi connectivity index (χ1n) is 7.58. The Morgan fingerprint density at radius 1 is 0.950 bits per heavy atom. The summed E-state index contributed by atoms with van der Waals surface area (Å²) in [6.45, 7) is 2.22. The fraction of sp³-hybridized carbons (Fsp3) is 0.867. The second kappa shape index (κ2) is 15.5. The Morgan fingerprint density at radius 3 is 1.85 bits per heavy atom. The van der Waals surface area contributed by atoms with Crippen LogP contribution in [0.25, 0.3) is 0 Å². The van der Waals surface area contributed by atoms with Gasteiger partial charge >= 0.3 is 35.5 Å². The van der Waals surface area contributed by atoms with E-state index in [0.717, 1.165) is 12.8 Å². The first kappa shape index (κ1) is 22.4. The molecule has 114 valence electrons. The Kier molecular flexibility index (Phi) is 17.3. The molecule has 0 rings (SSSR count). The number of carboxylic acid groups (broad SMARTS) is 1. The Morgan fingerprint density at radius 2 is 1.40 bits per heavy atom. The zero-order valence-corrected chi connectivity index (χ0v) is 12.2. The quantitative estimate of drug-likeness (QED) is 0.404. The van der Waals surface area contributed by atoms with E-state index in [9.17, 15) is 9.59 Å². The molecule has 0 aromatic heterocycles. The van der Waals surface area contributed by atoms with Crippen LogP contribution in [0.2, 0.25) is 0 Å². The van der Waals surface area contributed by atoms with Crippen molar-refractivity contribution in [3.05, 3.63) is 0 Å². The first-order chi connectivity index (χ1) is 9.07. The predicted molar refractivity (Wildman–Crippen MR) is 84.2 cm³/mol. The number of ketones is 1. The minimum atomic E-state index is -1.10. The van der Waals surface area contributed by atoms with E-state index in [2.05, 4.69) is 6.92 Å². The Balaban J connectivity index is 0. The molecule has 0 fully saturated rings. The predicted octanol–water partition coefficient (Wildman–Crippen LogP) is 2.63. The second-order valence-electron chi connectivity index (χ2n) is 5.27. The van der Waals surface area contributed by atoms with Crippen LogP contribution in [0.4, 0.5) is 0 Å². The van der Waals surface area contributed by atoms with Gasteiger partial charge in [0.25, 0.3) is 0 Å². The van der Waals surface area contributed by atoms with E-state index >= 15 is 0 Å². The fourth-order valence-corrected chi connectivity index (χ4v) is 2.07. The van der Waals surface area contributed by atoms with Gasteiger partial charge in [-0.25, -0.2) is 0 Å². The van der Waals surface area contributed by atoms with E-state index in [4.69, 9.17) is 10.8 Å². The van der Waals surface area contributed by atoms with Gasteiger partial charge in [-0.15, -0.1) is 0 Å². The maximum atomic E-state index is 11.4. The van der Waals surface area contributed by atoms with Crippen molar-refractivity contribution in [3.8, 4) is 0 Å². The standard InChI is InChI=1S/C15H29NO3.Na.H/c1-2-3-4-5-6-7-8-9-10-11-13(17)12-14(16)15(18)19;;/h14H,2-12,16H2,1H3,(H,18,19);;/t14-;;/m0../s1. The van der Waals surface area contributed by atoms with Gasteiger partial charge in [0, 0.05) is 12.8 Å². The number of aliphatic carboxylic acids is 1. The third kappa shape index (κ3) is 14.5. The number of unbranched alkanes of at least 4 members (excludes halogenated alkanes) is 8. The van der Waals surface area contributed by atoms with Crippen LogP contribution in [0.3, 0.4) is 0 Å². The van der Waals surface area contributed by atoms with Crippen LogP contribution >= 0.6 is 0 Å². The van der Waals surface area contributed by atoms with Gasteiger partial charge in [-0.05, 0) is 6.42 Å². The number of Topliss-reactive ketones (excluding diaryl/α,β-unsaturated/α-hetero) is 1. The number of hydrogen-bond acceptors (Lipinski definition) is 3. The zero-order chi connectivity index (χ0) is 14.5. The van der Waals surface area contributed by atoms with E-state index in [1.807, 2.05) is 0 Å². The summed E-state index contributed by atoms with van der Waals surface area (Å²) in [6, 6.07) is -1.04. The van der Waals surface area contributed by atoms with E-state index < -0.39 is 12.0 Å². The summed E-state index contributed by atoms with van der Waals surface area (Å²) < 4.78 is 0. The average molecular weight is 295 g/mol. The van der Waals surface area contributed by atoms with Crippen molar-refractivity contribution in [2.24, 2.45) is 5.73 Å². The molecule has 0 saturated carbocycles. The fourth-order valence-electron chi connectivity index (χ4n) is 2.07. The van der Waals surface area contributed by atoms with Gasteiger partial charge in [0.2, 0.25) is 0 Å². The first-order valence-corrected chi connectivity index (χ1v) is 7.58. The Labute approximate surface area is 145 Å². The monoisotopic (exact) mass is 295 g/mol. The van der Waals surface area contributed by atoms with Crippen molar-refractivity contribution in [3.63, 3.8) is 0 Å². The molecule has 0 bridgehead atoms. The third-order valence-electron chi connectivity index (χ3n) is 3.32. The summed E-state index contributed by atoms with van der Waals surface area (Å²) in [7, 11) is 0.